The number of nitrogens with one attached hydrogen (secondary N) is 1. The summed E-state index contributed by atoms with van der Waals surface area (Å²) in [7, 11) is -2.46. The molecule has 0 radical (unpaired) electrons. The number of aryl methyl sites for hydroxylation is 1. The smallest absolute Gasteiger partial charge is 0.343 e. The molecule has 0 aliphatic carbocycles. The Morgan fingerprint density at radius 2 is 1.57 bits per heavy atom. The molecule has 1 N–H and O–H groups in total. The van der Waals surface area contributed by atoms with Crippen LogP contribution >= 0.6 is 0 Å². The summed E-state index contributed by atoms with van der Waals surface area (Å²) in [6.07, 6.45) is 0. The maximum absolute atomic E-state index is 13.5. The van der Waals surface area contributed by atoms with E-state index in [9.17, 15) is 13.2 Å². The number of ether oxygens (including phenoxy) is 2. The number of carbonyl (C=O) groups is 1. The number of carbonyl (C=O) groups excluding carboxylic acids is 1. The fraction of sp³-hybridized carbons (Fsp3) is 0.259. The fourth-order valence-electron chi connectivity index (χ4n) is 4.14. The highest BCUT2D eigenvalue weighted by Gasteiger charge is 2.56. The molecule has 0 saturated heterocycles. The largest absolute Gasteiger partial charge is 0.497 e. The highest BCUT2D eigenvalue weighted by atomic mass is 32.2. The number of rotatable bonds is 8. The lowest BCUT2D eigenvalue weighted by Crippen LogP contribution is -2.52. The number of hydrogen-bond donors (Lipinski definition) is 1. The average molecular weight is 493 g/mol. The molecule has 7 nitrogen and oxygen atoms in total. The number of cyclic esters (lactones) is 1. The first-order valence-electron chi connectivity index (χ1n) is 11.3. The van der Waals surface area contributed by atoms with Crippen LogP contribution in [0.3, 0.4) is 0 Å². The maximum Gasteiger partial charge on any atom is 0.343 e. The number of aliphatic imine (C=N–C) groups is 1. The molecule has 8 heteroatoms. The van der Waals surface area contributed by atoms with Gasteiger partial charge in [-0.1, -0.05) is 61.9 Å². The number of hydrogen-bond acceptors (Lipinski definition) is 6. The van der Waals surface area contributed by atoms with Crippen molar-refractivity contribution in [2.75, 3.05) is 7.11 Å². The second kappa shape index (κ2) is 9.64. The normalized spacial score (nSPS) is 18.8. The summed E-state index contributed by atoms with van der Waals surface area (Å²) in [6, 6.07) is 21.5. The molecule has 0 aromatic heterocycles. The summed E-state index contributed by atoms with van der Waals surface area (Å²) in [5.74, 6) is -0.241. The zero-order valence-electron chi connectivity index (χ0n) is 20.1. The lowest BCUT2D eigenvalue weighted by atomic mass is 9.78. The van der Waals surface area contributed by atoms with E-state index in [2.05, 4.69) is 4.72 Å². The molecule has 0 spiro atoms. The van der Waals surface area contributed by atoms with Crippen molar-refractivity contribution in [1.82, 2.24) is 4.72 Å². The molecule has 1 aliphatic heterocycles. The molecular formula is C27H28N2O5S. The van der Waals surface area contributed by atoms with Gasteiger partial charge < -0.3 is 9.47 Å². The fourth-order valence-corrected chi connectivity index (χ4v) is 5.40. The van der Waals surface area contributed by atoms with E-state index < -0.39 is 33.5 Å². The van der Waals surface area contributed by atoms with Gasteiger partial charge >= 0.3 is 5.97 Å². The van der Waals surface area contributed by atoms with E-state index in [4.69, 9.17) is 14.5 Å². The molecular weight excluding hydrogens is 464 g/mol. The number of nitrogens with zero attached hydrogens (tertiary/aromatic N) is 1. The summed E-state index contributed by atoms with van der Waals surface area (Å²) >= 11 is 0. The van der Waals surface area contributed by atoms with Gasteiger partial charge in [0, 0.05) is 5.56 Å². The Balaban J connectivity index is 1.87. The van der Waals surface area contributed by atoms with Crippen LogP contribution in [-0.4, -0.2) is 32.9 Å². The van der Waals surface area contributed by atoms with Crippen LogP contribution in [0.15, 0.2) is 88.8 Å². The van der Waals surface area contributed by atoms with Crippen LogP contribution in [0.25, 0.3) is 0 Å². The molecule has 0 saturated carbocycles. The van der Waals surface area contributed by atoms with E-state index in [1.807, 2.05) is 39.0 Å². The van der Waals surface area contributed by atoms with Crippen LogP contribution in [0, 0.1) is 12.8 Å². The van der Waals surface area contributed by atoms with E-state index in [1.165, 1.54) is 12.1 Å². The zero-order chi connectivity index (χ0) is 25.2. The predicted octanol–water partition coefficient (Wildman–Crippen LogP) is 4.42. The van der Waals surface area contributed by atoms with Crippen LogP contribution in [0.1, 0.15) is 36.6 Å². The third-order valence-corrected chi connectivity index (χ3v) is 7.64. The van der Waals surface area contributed by atoms with Gasteiger partial charge in [-0.05, 0) is 54.8 Å². The molecule has 3 aromatic rings. The molecule has 0 unspecified atom stereocenters. The predicted molar refractivity (Wildman–Crippen MR) is 134 cm³/mol. The third kappa shape index (κ3) is 4.72. The van der Waals surface area contributed by atoms with Crippen LogP contribution in [0.4, 0.5) is 0 Å². The molecule has 0 amide bonds. The minimum Gasteiger partial charge on any atom is -0.497 e. The van der Waals surface area contributed by atoms with Crippen LogP contribution in [-0.2, 0) is 19.6 Å². The second-order valence-electron chi connectivity index (χ2n) is 8.79. The summed E-state index contributed by atoms with van der Waals surface area (Å²) in [4.78, 5) is 18.4. The molecule has 1 heterocycles. The van der Waals surface area contributed by atoms with Crippen molar-refractivity contribution in [2.24, 2.45) is 10.9 Å². The molecule has 2 atom stereocenters. The van der Waals surface area contributed by atoms with Crippen molar-refractivity contribution < 1.29 is 22.7 Å². The summed E-state index contributed by atoms with van der Waals surface area (Å²) in [5.41, 5.74) is 0.603. The van der Waals surface area contributed by atoms with Crippen LogP contribution < -0.4 is 9.46 Å². The molecule has 3 aromatic carbocycles. The van der Waals surface area contributed by atoms with Crippen molar-refractivity contribution in [3.05, 3.63) is 95.6 Å². The van der Waals surface area contributed by atoms with Gasteiger partial charge in [-0.2, -0.15) is 0 Å². The standard InChI is InChI=1S/C27H28N2O5S/c1-18(2)27(26(30)34-25(28-27)21-8-6-5-7-9-21)24(20-12-14-22(33-4)15-13-20)29-35(31,32)23-16-10-19(3)11-17-23/h5-18,24,29H,1-4H3/t24-,27+/m0/s1. The minimum absolute atomic E-state index is 0.0964. The zero-order valence-corrected chi connectivity index (χ0v) is 20.9. The van der Waals surface area contributed by atoms with Gasteiger partial charge in [-0.3, -0.25) is 0 Å². The van der Waals surface area contributed by atoms with Crippen molar-refractivity contribution in [1.29, 1.82) is 0 Å². The topological polar surface area (TPSA) is 94.1 Å². The van der Waals surface area contributed by atoms with Crippen LogP contribution in [0.5, 0.6) is 5.75 Å². The van der Waals surface area contributed by atoms with E-state index in [1.54, 1.807) is 55.6 Å². The van der Waals surface area contributed by atoms with Gasteiger partial charge in [0.1, 0.15) is 5.75 Å². The van der Waals surface area contributed by atoms with Crippen molar-refractivity contribution in [2.45, 2.75) is 37.2 Å². The first kappa shape index (κ1) is 24.6. The lowest BCUT2D eigenvalue weighted by molar-refractivity contribution is -0.141. The van der Waals surface area contributed by atoms with Crippen molar-refractivity contribution >= 4 is 21.9 Å². The monoisotopic (exact) mass is 492 g/mol. The van der Waals surface area contributed by atoms with E-state index in [0.29, 0.717) is 16.9 Å². The van der Waals surface area contributed by atoms with Gasteiger partial charge in [0.15, 0.2) is 5.54 Å². The van der Waals surface area contributed by atoms with Crippen molar-refractivity contribution in [3.63, 3.8) is 0 Å². The van der Waals surface area contributed by atoms with Gasteiger partial charge in [-0.25, -0.2) is 22.9 Å². The highest BCUT2D eigenvalue weighted by Crippen LogP contribution is 2.42. The molecule has 0 fully saturated rings. The molecule has 0 bridgehead atoms. The van der Waals surface area contributed by atoms with E-state index in [-0.39, 0.29) is 10.8 Å². The number of esters is 1. The third-order valence-electron chi connectivity index (χ3n) is 6.20. The van der Waals surface area contributed by atoms with E-state index >= 15 is 0 Å². The number of methoxy groups -OCH3 is 1. The Labute approximate surface area is 205 Å². The van der Waals surface area contributed by atoms with E-state index in [0.717, 1.165) is 5.56 Å². The van der Waals surface area contributed by atoms with Gasteiger partial charge in [0.2, 0.25) is 15.9 Å². The Kier molecular flexibility index (Phi) is 6.78. The average Bonchev–Trinajstić information content (AvgIpc) is 3.21. The molecule has 1 aliphatic rings. The summed E-state index contributed by atoms with van der Waals surface area (Å²) in [5, 5.41) is 0. The van der Waals surface area contributed by atoms with Gasteiger partial charge in [0.05, 0.1) is 18.0 Å². The Morgan fingerprint density at radius 1 is 0.943 bits per heavy atom. The first-order valence-corrected chi connectivity index (χ1v) is 12.8. The molecule has 182 valence electrons. The lowest BCUT2D eigenvalue weighted by Gasteiger charge is -2.35. The summed E-state index contributed by atoms with van der Waals surface area (Å²) in [6.45, 7) is 5.54. The highest BCUT2D eigenvalue weighted by molar-refractivity contribution is 7.89. The Morgan fingerprint density at radius 3 is 2.14 bits per heavy atom. The SMILES string of the molecule is COc1ccc([C@H](NS(=O)(=O)c2ccc(C)cc2)[C@@]2(C(C)C)N=C(c3ccccc3)OC2=O)cc1. The number of sulfonamides is 1. The maximum atomic E-state index is 13.5. The first-order chi connectivity index (χ1) is 16.7. The van der Waals surface area contributed by atoms with Gasteiger partial charge in [-0.15, -0.1) is 0 Å². The summed E-state index contributed by atoms with van der Waals surface area (Å²) < 4.78 is 40.7. The van der Waals surface area contributed by atoms with Crippen molar-refractivity contribution in [3.8, 4) is 5.75 Å². The minimum atomic E-state index is -4.01. The Hall–Kier alpha value is -3.49. The molecule has 35 heavy (non-hydrogen) atoms. The van der Waals surface area contributed by atoms with Gasteiger partial charge in [0.25, 0.3) is 0 Å². The second-order valence-corrected chi connectivity index (χ2v) is 10.5. The Bertz CT molecular complexity index is 1330. The molecule has 4 rings (SSSR count). The quantitative estimate of drug-likeness (QED) is 0.470. The van der Waals surface area contributed by atoms with Crippen LogP contribution in [0.2, 0.25) is 0 Å². The number of benzene rings is 3.